The van der Waals surface area contributed by atoms with E-state index < -0.39 is 0 Å². The Morgan fingerprint density at radius 2 is 1.87 bits per heavy atom. The van der Waals surface area contributed by atoms with E-state index in [-0.39, 0.29) is 5.91 Å². The number of rotatable bonds is 11. The third kappa shape index (κ3) is 6.85. The molecule has 0 aromatic carbocycles. The van der Waals surface area contributed by atoms with Crippen LogP contribution in [0.15, 0.2) is 24.3 Å². The molecule has 0 aromatic heterocycles. The molecule has 2 unspecified atom stereocenters. The molecule has 1 aliphatic heterocycles. The third-order valence-electron chi connectivity index (χ3n) is 4.70. The molecule has 23 heavy (non-hydrogen) atoms. The van der Waals surface area contributed by atoms with Gasteiger partial charge in [0.25, 0.3) is 0 Å². The zero-order valence-electron chi connectivity index (χ0n) is 15.0. The van der Waals surface area contributed by atoms with Crippen molar-refractivity contribution in [3.63, 3.8) is 0 Å². The van der Waals surface area contributed by atoms with E-state index in [1.165, 1.54) is 19.5 Å². The number of nitrogens with one attached hydrogen (secondary N) is 1. The van der Waals surface area contributed by atoms with Crippen molar-refractivity contribution in [3.8, 4) is 0 Å². The average molecular weight is 321 g/mol. The van der Waals surface area contributed by atoms with Crippen molar-refractivity contribution in [2.45, 2.75) is 26.2 Å². The summed E-state index contributed by atoms with van der Waals surface area (Å²) in [7, 11) is 4.57. The summed E-state index contributed by atoms with van der Waals surface area (Å²) in [6.45, 7) is 8.74. The van der Waals surface area contributed by atoms with E-state index in [9.17, 15) is 4.79 Å². The number of carbonyl (C=O) groups excluding carboxylic acids is 1. The van der Waals surface area contributed by atoms with Crippen molar-refractivity contribution in [1.82, 2.24) is 15.3 Å². The Balaban J connectivity index is 1.49. The number of hydrogen-bond acceptors (Lipinski definition) is 3. The minimum atomic E-state index is 0.165. The Labute approximate surface area is 141 Å². The lowest BCUT2D eigenvalue weighted by Gasteiger charge is -2.30. The smallest absolute Gasteiger partial charge is 0.220 e. The normalized spacial score (nSPS) is 23.4. The Morgan fingerprint density at radius 3 is 2.52 bits per heavy atom. The van der Waals surface area contributed by atoms with Gasteiger partial charge in [-0.05, 0) is 0 Å². The van der Waals surface area contributed by atoms with Crippen LogP contribution in [-0.2, 0) is 4.79 Å². The average Bonchev–Trinajstić information content (AvgIpc) is 3.07. The molecular formula is C18H33N4O+. The molecule has 5 nitrogen and oxygen atoms in total. The van der Waals surface area contributed by atoms with Gasteiger partial charge in [-0.2, -0.15) is 0 Å². The van der Waals surface area contributed by atoms with Crippen LogP contribution in [-0.4, -0.2) is 73.9 Å². The quantitative estimate of drug-likeness (QED) is 0.357. The molecule has 0 saturated carbocycles. The number of hydrazine groups is 1. The van der Waals surface area contributed by atoms with E-state index in [0.717, 1.165) is 37.2 Å². The molecule has 2 atom stereocenters. The number of nitrogens with zero attached hydrogens (tertiary/aromatic N) is 3. The van der Waals surface area contributed by atoms with Gasteiger partial charge in [0, 0.05) is 44.8 Å². The van der Waals surface area contributed by atoms with Crippen molar-refractivity contribution in [3.05, 3.63) is 24.3 Å². The first-order valence-electron chi connectivity index (χ1n) is 8.94. The highest BCUT2D eigenvalue weighted by molar-refractivity contribution is 5.76. The Morgan fingerprint density at radius 1 is 1.17 bits per heavy atom. The molecule has 1 aliphatic carbocycles. The molecule has 0 radical (unpaired) electrons. The van der Waals surface area contributed by atoms with Gasteiger partial charge in [-0.15, -0.1) is 0 Å². The predicted octanol–water partition coefficient (Wildman–Crippen LogP) is 1.60. The summed E-state index contributed by atoms with van der Waals surface area (Å²) in [5.74, 6) is 0.458. The third-order valence-corrected chi connectivity index (χ3v) is 4.70. The molecule has 1 saturated heterocycles. The predicted molar refractivity (Wildman–Crippen MR) is 94.4 cm³/mol. The van der Waals surface area contributed by atoms with Crippen LogP contribution in [0.4, 0.5) is 0 Å². The van der Waals surface area contributed by atoms with E-state index in [1.54, 1.807) is 0 Å². The molecule has 2 rings (SSSR count). The first-order valence-corrected chi connectivity index (χ1v) is 8.94. The van der Waals surface area contributed by atoms with Gasteiger partial charge in [-0.1, -0.05) is 31.2 Å². The first-order chi connectivity index (χ1) is 11.0. The molecule has 130 valence electrons. The fourth-order valence-electron chi connectivity index (χ4n) is 3.10. The second-order valence-corrected chi connectivity index (χ2v) is 7.27. The zero-order chi connectivity index (χ0) is 16.7. The number of hydrogen-bond donors (Lipinski definition) is 1. The van der Waals surface area contributed by atoms with Crippen LogP contribution in [0.1, 0.15) is 26.2 Å². The van der Waals surface area contributed by atoms with Crippen molar-refractivity contribution in [1.29, 1.82) is 0 Å². The molecule has 5 heteroatoms. The summed E-state index contributed by atoms with van der Waals surface area (Å²) in [6, 6.07) is 0. The van der Waals surface area contributed by atoms with Crippen molar-refractivity contribution in [2.75, 3.05) is 53.5 Å². The van der Waals surface area contributed by atoms with Crippen LogP contribution < -0.4 is 5.32 Å². The number of allylic oxidation sites excluding steroid dienone is 4. The van der Waals surface area contributed by atoms with Crippen LogP contribution in [0, 0.1) is 5.92 Å². The van der Waals surface area contributed by atoms with Gasteiger partial charge in [-0.3, -0.25) is 4.79 Å². The topological polar surface area (TPSA) is 35.1 Å². The fraction of sp³-hybridized carbons (Fsp3) is 0.722. The summed E-state index contributed by atoms with van der Waals surface area (Å²) in [6.07, 6.45) is 11.0. The lowest BCUT2D eigenvalue weighted by atomic mass is 10.1. The van der Waals surface area contributed by atoms with E-state index in [2.05, 4.69) is 48.5 Å². The minimum absolute atomic E-state index is 0.165. The van der Waals surface area contributed by atoms with Crippen LogP contribution in [0.2, 0.25) is 0 Å². The van der Waals surface area contributed by atoms with Gasteiger partial charge in [-0.25, -0.2) is 10.0 Å². The molecule has 0 spiro atoms. The van der Waals surface area contributed by atoms with E-state index >= 15 is 0 Å². The van der Waals surface area contributed by atoms with Gasteiger partial charge < -0.3 is 9.80 Å². The molecule has 1 heterocycles. The van der Waals surface area contributed by atoms with Crippen molar-refractivity contribution in [2.24, 2.45) is 5.92 Å². The summed E-state index contributed by atoms with van der Waals surface area (Å²) in [5, 5.41) is 7.82. The summed E-state index contributed by atoms with van der Waals surface area (Å²) < 4.78 is 1.03. The lowest BCUT2D eigenvalue weighted by molar-refractivity contribution is -0.890. The highest BCUT2D eigenvalue weighted by atomic mass is 16.1. The van der Waals surface area contributed by atoms with Gasteiger partial charge in [0.1, 0.15) is 0 Å². The molecular weight excluding hydrogens is 288 g/mol. The molecule has 2 aliphatic rings. The summed E-state index contributed by atoms with van der Waals surface area (Å²) in [4.78, 5) is 11.8. The van der Waals surface area contributed by atoms with Crippen LogP contribution >= 0.6 is 0 Å². The maximum atomic E-state index is 11.8. The number of amides is 1. The van der Waals surface area contributed by atoms with Gasteiger partial charge in [0.05, 0.1) is 33.9 Å². The van der Waals surface area contributed by atoms with Crippen molar-refractivity contribution >= 4 is 5.91 Å². The fourth-order valence-corrected chi connectivity index (χ4v) is 3.10. The number of carbonyl (C=O) groups is 1. The maximum absolute atomic E-state index is 11.8. The van der Waals surface area contributed by atoms with E-state index in [0.29, 0.717) is 12.3 Å². The highest BCUT2D eigenvalue weighted by Gasteiger charge is 2.28. The van der Waals surface area contributed by atoms with Gasteiger partial charge >= 0.3 is 0 Å². The van der Waals surface area contributed by atoms with E-state index in [4.69, 9.17) is 0 Å². The summed E-state index contributed by atoms with van der Waals surface area (Å²) in [5.41, 5.74) is 0. The van der Waals surface area contributed by atoms with Crippen LogP contribution in [0.25, 0.3) is 0 Å². The molecule has 0 bridgehead atoms. The van der Waals surface area contributed by atoms with Gasteiger partial charge in [0.15, 0.2) is 0 Å². The minimum Gasteiger partial charge on any atom is -0.356 e. The Bertz CT molecular complexity index is 432. The first kappa shape index (κ1) is 18.2. The largest absolute Gasteiger partial charge is 0.356 e. The SMILES string of the molecule is CCN1CN1CCC[N+](C)(C)CCCNC(=O)CC1C=CC=C1. The monoisotopic (exact) mass is 321 g/mol. The Kier molecular flexibility index (Phi) is 6.81. The standard InChI is InChI=1S/C18H32N4O/c1-4-20-16-21(20)12-8-14-22(2,3)13-7-11-19-18(23)15-17-9-5-6-10-17/h5-6,9-10,17H,4,7-8,11-16H2,1-3H3/p+1. The van der Waals surface area contributed by atoms with Gasteiger partial charge in [0.2, 0.25) is 5.91 Å². The van der Waals surface area contributed by atoms with E-state index in [1.807, 2.05) is 12.2 Å². The Hall–Kier alpha value is -1.17. The lowest BCUT2D eigenvalue weighted by Crippen LogP contribution is -2.43. The zero-order valence-corrected chi connectivity index (χ0v) is 15.0. The molecule has 1 amide bonds. The van der Waals surface area contributed by atoms with Crippen molar-refractivity contribution < 1.29 is 9.28 Å². The second-order valence-electron chi connectivity index (χ2n) is 7.27. The highest BCUT2D eigenvalue weighted by Crippen LogP contribution is 2.15. The molecule has 1 N–H and O–H groups in total. The molecule has 1 fully saturated rings. The number of quaternary nitrogens is 1. The molecule has 0 aromatic rings. The van der Waals surface area contributed by atoms with Crippen LogP contribution in [0.3, 0.4) is 0 Å². The maximum Gasteiger partial charge on any atom is 0.220 e. The summed E-state index contributed by atoms with van der Waals surface area (Å²) >= 11 is 0. The second kappa shape index (κ2) is 8.62. The van der Waals surface area contributed by atoms with Crippen LogP contribution in [0.5, 0.6) is 0 Å².